The molecule has 2 N–H and O–H groups in total. The molecule has 5 heteroatoms. The van der Waals surface area contributed by atoms with Crippen LogP contribution in [0.3, 0.4) is 0 Å². The average Bonchev–Trinajstić information content (AvgIpc) is 2.26. The third-order valence-corrected chi connectivity index (χ3v) is 2.97. The predicted molar refractivity (Wildman–Crippen MR) is 80.3 cm³/mol. The van der Waals surface area contributed by atoms with Crippen molar-refractivity contribution in [2.75, 3.05) is 13.7 Å². The summed E-state index contributed by atoms with van der Waals surface area (Å²) in [6.45, 7) is 6.84. The van der Waals surface area contributed by atoms with E-state index in [2.05, 4.69) is 26.6 Å². The Hall–Kier alpha value is -1.07. The van der Waals surface area contributed by atoms with E-state index in [0.717, 1.165) is 15.8 Å². The Morgan fingerprint density at radius 1 is 1.37 bits per heavy atom. The number of methoxy groups -OCH3 is 1. The summed E-state index contributed by atoms with van der Waals surface area (Å²) in [4.78, 5) is 11.6. The van der Waals surface area contributed by atoms with Gasteiger partial charge in [0.15, 0.2) is 0 Å². The molecule has 0 spiro atoms. The molecule has 0 unspecified atom stereocenters. The molecule has 0 saturated heterocycles. The minimum atomic E-state index is -0.193. The molecule has 1 aromatic carbocycles. The Balaban J connectivity index is 2.41. The number of rotatable bonds is 5. The zero-order chi connectivity index (χ0) is 14.5. The van der Waals surface area contributed by atoms with Gasteiger partial charge in [0.2, 0.25) is 5.91 Å². The molecule has 0 saturated carbocycles. The highest BCUT2D eigenvalue weighted by Crippen LogP contribution is 2.25. The lowest BCUT2D eigenvalue weighted by Crippen LogP contribution is -2.44. The Kier molecular flexibility index (Phi) is 5.82. The lowest BCUT2D eigenvalue weighted by atomic mass is 10.1. The molecule has 0 fully saturated rings. The van der Waals surface area contributed by atoms with Gasteiger partial charge in [-0.05, 0) is 54.4 Å². The summed E-state index contributed by atoms with van der Waals surface area (Å²) >= 11 is 3.44. The first-order chi connectivity index (χ1) is 8.81. The maximum absolute atomic E-state index is 11.6. The molecule has 4 nitrogen and oxygen atoms in total. The van der Waals surface area contributed by atoms with Crippen molar-refractivity contribution in [3.63, 3.8) is 0 Å². The van der Waals surface area contributed by atoms with Gasteiger partial charge in [0.1, 0.15) is 5.75 Å². The van der Waals surface area contributed by atoms with Crippen LogP contribution in [0.4, 0.5) is 0 Å². The smallest absolute Gasteiger partial charge is 0.234 e. The number of ether oxygens (including phenoxy) is 1. The van der Waals surface area contributed by atoms with Crippen LogP contribution in [0, 0.1) is 0 Å². The van der Waals surface area contributed by atoms with E-state index in [1.165, 1.54) is 0 Å². The summed E-state index contributed by atoms with van der Waals surface area (Å²) in [5.74, 6) is 0.800. The molecule has 19 heavy (non-hydrogen) atoms. The van der Waals surface area contributed by atoms with Crippen LogP contribution in [0.25, 0.3) is 0 Å². The maximum atomic E-state index is 11.6. The van der Waals surface area contributed by atoms with Crippen LogP contribution in [0.5, 0.6) is 5.75 Å². The summed E-state index contributed by atoms with van der Waals surface area (Å²) in [5.41, 5.74) is 0.901. The molecule has 0 aliphatic rings. The molecule has 0 heterocycles. The van der Waals surface area contributed by atoms with Gasteiger partial charge < -0.3 is 15.4 Å². The Morgan fingerprint density at radius 3 is 2.58 bits per heavy atom. The van der Waals surface area contributed by atoms with Gasteiger partial charge in [0, 0.05) is 12.1 Å². The van der Waals surface area contributed by atoms with E-state index in [-0.39, 0.29) is 11.4 Å². The minimum Gasteiger partial charge on any atom is -0.496 e. The van der Waals surface area contributed by atoms with Crippen molar-refractivity contribution < 1.29 is 9.53 Å². The maximum Gasteiger partial charge on any atom is 0.234 e. The van der Waals surface area contributed by atoms with Crippen LogP contribution >= 0.6 is 15.9 Å². The third-order valence-electron chi connectivity index (χ3n) is 2.35. The van der Waals surface area contributed by atoms with Crippen LogP contribution in [0.15, 0.2) is 22.7 Å². The van der Waals surface area contributed by atoms with Gasteiger partial charge in [0.05, 0.1) is 18.1 Å². The van der Waals surface area contributed by atoms with Gasteiger partial charge in [-0.2, -0.15) is 0 Å². The summed E-state index contributed by atoms with van der Waals surface area (Å²) in [6.07, 6.45) is 0. The Labute approximate surface area is 123 Å². The monoisotopic (exact) mass is 328 g/mol. The Morgan fingerprint density at radius 2 is 2.05 bits per heavy atom. The zero-order valence-electron chi connectivity index (χ0n) is 11.8. The standard InChI is InChI=1S/C14H21BrN2O2/c1-14(2,3)17-13(18)9-16-8-10-5-6-12(19-4)11(15)7-10/h5-7,16H,8-9H2,1-4H3,(H,17,18). The quantitative estimate of drug-likeness (QED) is 0.872. The normalized spacial score (nSPS) is 11.2. The topological polar surface area (TPSA) is 50.4 Å². The number of carbonyl (C=O) groups is 1. The van der Waals surface area contributed by atoms with Gasteiger partial charge in [-0.25, -0.2) is 0 Å². The van der Waals surface area contributed by atoms with Crippen molar-refractivity contribution in [2.24, 2.45) is 0 Å². The van der Waals surface area contributed by atoms with E-state index >= 15 is 0 Å². The second kappa shape index (κ2) is 6.91. The fraction of sp³-hybridized carbons (Fsp3) is 0.500. The van der Waals surface area contributed by atoms with Crippen LogP contribution in [-0.4, -0.2) is 25.1 Å². The van der Waals surface area contributed by atoms with E-state index < -0.39 is 0 Å². The number of carbonyl (C=O) groups excluding carboxylic acids is 1. The van der Waals surface area contributed by atoms with Crippen LogP contribution in [-0.2, 0) is 11.3 Å². The number of halogens is 1. The molecule has 0 aromatic heterocycles. The van der Waals surface area contributed by atoms with Gasteiger partial charge in [-0.3, -0.25) is 4.79 Å². The molecule has 0 radical (unpaired) electrons. The summed E-state index contributed by atoms with van der Waals surface area (Å²) in [7, 11) is 1.63. The first-order valence-corrected chi connectivity index (χ1v) is 6.95. The van der Waals surface area contributed by atoms with E-state index in [4.69, 9.17) is 4.74 Å². The van der Waals surface area contributed by atoms with E-state index in [1.54, 1.807) is 7.11 Å². The van der Waals surface area contributed by atoms with Crippen molar-refractivity contribution in [3.05, 3.63) is 28.2 Å². The molecule has 106 valence electrons. The molecule has 1 amide bonds. The first-order valence-electron chi connectivity index (χ1n) is 6.16. The largest absolute Gasteiger partial charge is 0.496 e. The zero-order valence-corrected chi connectivity index (χ0v) is 13.4. The molecule has 1 aromatic rings. The number of benzene rings is 1. The second-order valence-electron chi connectivity index (χ2n) is 5.37. The summed E-state index contributed by atoms with van der Waals surface area (Å²) in [5, 5.41) is 6.02. The van der Waals surface area contributed by atoms with Gasteiger partial charge >= 0.3 is 0 Å². The molecule has 0 bridgehead atoms. The molecule has 1 rings (SSSR count). The van der Waals surface area contributed by atoms with Crippen LogP contribution in [0.1, 0.15) is 26.3 Å². The van der Waals surface area contributed by atoms with Gasteiger partial charge in [-0.1, -0.05) is 6.07 Å². The average molecular weight is 329 g/mol. The lowest BCUT2D eigenvalue weighted by molar-refractivity contribution is -0.121. The van der Waals surface area contributed by atoms with Crippen LogP contribution < -0.4 is 15.4 Å². The van der Waals surface area contributed by atoms with Crippen molar-refractivity contribution in [2.45, 2.75) is 32.9 Å². The van der Waals surface area contributed by atoms with E-state index in [0.29, 0.717) is 13.1 Å². The molecule has 0 atom stereocenters. The highest BCUT2D eigenvalue weighted by Gasteiger charge is 2.12. The number of hydrogen-bond acceptors (Lipinski definition) is 3. The van der Waals surface area contributed by atoms with Crippen molar-refractivity contribution in [1.82, 2.24) is 10.6 Å². The third kappa shape index (κ3) is 6.07. The second-order valence-corrected chi connectivity index (χ2v) is 6.22. The van der Waals surface area contributed by atoms with E-state index in [9.17, 15) is 4.79 Å². The van der Waals surface area contributed by atoms with Gasteiger partial charge in [0.25, 0.3) is 0 Å². The van der Waals surface area contributed by atoms with Crippen molar-refractivity contribution in [3.8, 4) is 5.75 Å². The SMILES string of the molecule is COc1ccc(CNCC(=O)NC(C)(C)C)cc1Br. The number of nitrogens with one attached hydrogen (secondary N) is 2. The number of amides is 1. The molecular formula is C14H21BrN2O2. The highest BCUT2D eigenvalue weighted by atomic mass is 79.9. The van der Waals surface area contributed by atoms with Crippen LogP contribution in [0.2, 0.25) is 0 Å². The Bertz CT molecular complexity index is 442. The van der Waals surface area contributed by atoms with Gasteiger partial charge in [-0.15, -0.1) is 0 Å². The van der Waals surface area contributed by atoms with E-state index in [1.807, 2.05) is 39.0 Å². The minimum absolute atomic E-state index is 0.0000716. The highest BCUT2D eigenvalue weighted by molar-refractivity contribution is 9.10. The fourth-order valence-electron chi connectivity index (χ4n) is 1.60. The molecule has 0 aliphatic carbocycles. The first kappa shape index (κ1) is 16.0. The molecular weight excluding hydrogens is 308 g/mol. The fourth-order valence-corrected chi connectivity index (χ4v) is 2.19. The van der Waals surface area contributed by atoms with Crippen molar-refractivity contribution >= 4 is 21.8 Å². The lowest BCUT2D eigenvalue weighted by Gasteiger charge is -2.20. The summed E-state index contributed by atoms with van der Waals surface area (Å²) in [6, 6.07) is 5.85. The molecule has 0 aliphatic heterocycles. The number of hydrogen-bond donors (Lipinski definition) is 2. The summed E-state index contributed by atoms with van der Waals surface area (Å²) < 4.78 is 6.08. The van der Waals surface area contributed by atoms with Crippen molar-refractivity contribution in [1.29, 1.82) is 0 Å². The predicted octanol–water partition coefficient (Wildman–Crippen LogP) is 2.46.